The summed E-state index contributed by atoms with van der Waals surface area (Å²) in [6.07, 6.45) is 8.64. The van der Waals surface area contributed by atoms with Crippen molar-refractivity contribution >= 4 is 11.2 Å². The van der Waals surface area contributed by atoms with Crippen molar-refractivity contribution in [1.29, 1.82) is 0 Å². The molecule has 0 aromatic carbocycles. The minimum atomic E-state index is 0.280. The van der Waals surface area contributed by atoms with E-state index in [9.17, 15) is 0 Å². The molecule has 0 unspecified atom stereocenters. The van der Waals surface area contributed by atoms with Crippen molar-refractivity contribution in [1.82, 2.24) is 24.9 Å². The summed E-state index contributed by atoms with van der Waals surface area (Å²) in [5.74, 6) is 2.81. The second-order valence-electron chi connectivity index (χ2n) is 8.81. The van der Waals surface area contributed by atoms with Crippen molar-refractivity contribution in [3.8, 4) is 34.4 Å². The van der Waals surface area contributed by atoms with Crippen LogP contribution in [0.1, 0.15) is 45.1 Å². The van der Waals surface area contributed by atoms with Crippen molar-refractivity contribution in [2.24, 2.45) is 5.92 Å². The van der Waals surface area contributed by atoms with Crippen LogP contribution in [0.3, 0.4) is 0 Å². The monoisotopic (exact) mass is 443 g/mol. The van der Waals surface area contributed by atoms with E-state index in [1.807, 2.05) is 43.6 Å². The first-order chi connectivity index (χ1) is 16.1. The van der Waals surface area contributed by atoms with Gasteiger partial charge in [0, 0.05) is 35.7 Å². The van der Waals surface area contributed by atoms with Crippen molar-refractivity contribution in [2.45, 2.75) is 52.6 Å². The molecule has 4 aromatic heterocycles. The van der Waals surface area contributed by atoms with E-state index < -0.39 is 0 Å². The van der Waals surface area contributed by atoms with Crippen LogP contribution in [0.15, 0.2) is 42.7 Å². The number of nitrogens with zero attached hydrogens (tertiary/aromatic N) is 4. The van der Waals surface area contributed by atoms with Gasteiger partial charge >= 0.3 is 0 Å². The van der Waals surface area contributed by atoms with Gasteiger partial charge in [-0.3, -0.25) is 4.98 Å². The van der Waals surface area contributed by atoms with E-state index in [-0.39, 0.29) is 6.10 Å². The summed E-state index contributed by atoms with van der Waals surface area (Å²) in [6, 6.07) is 9.80. The van der Waals surface area contributed by atoms with Gasteiger partial charge in [0.1, 0.15) is 11.9 Å². The molecule has 0 saturated heterocycles. The van der Waals surface area contributed by atoms with Crippen molar-refractivity contribution < 1.29 is 9.47 Å². The molecule has 1 fully saturated rings. The first-order valence-corrected chi connectivity index (χ1v) is 11.7. The molecular formula is C26H29N5O2. The summed E-state index contributed by atoms with van der Waals surface area (Å²) in [5, 5.41) is 0. The number of aromatic amines is 1. The van der Waals surface area contributed by atoms with Gasteiger partial charge in [0.15, 0.2) is 5.65 Å². The van der Waals surface area contributed by atoms with Gasteiger partial charge in [-0.05, 0) is 69.2 Å². The highest BCUT2D eigenvalue weighted by molar-refractivity contribution is 5.77. The standard InChI is InChI=1S/C26H29N5O2/c1-4-32-24-12-10-21-26(30-24)31-25(29-21)20-15-27-22(13-17(20)3)18-7-11-23(28-14-18)33-19-8-5-16(2)6-9-19/h7,10-16,19H,4-6,8-9H2,1-3H3,(H,29,30,31)/t16-,19+. The third kappa shape index (κ3) is 4.67. The molecule has 4 heterocycles. The quantitative estimate of drug-likeness (QED) is 0.409. The predicted molar refractivity (Wildman–Crippen MR) is 128 cm³/mol. The Morgan fingerprint density at radius 2 is 1.79 bits per heavy atom. The number of hydrogen-bond acceptors (Lipinski definition) is 6. The molecular weight excluding hydrogens is 414 g/mol. The third-order valence-corrected chi connectivity index (χ3v) is 6.26. The van der Waals surface area contributed by atoms with Gasteiger partial charge in [-0.2, -0.15) is 4.98 Å². The topological polar surface area (TPSA) is 85.8 Å². The van der Waals surface area contributed by atoms with Gasteiger partial charge < -0.3 is 14.5 Å². The second kappa shape index (κ2) is 9.17. The number of aromatic nitrogens is 5. The number of hydrogen-bond donors (Lipinski definition) is 1. The van der Waals surface area contributed by atoms with Crippen LogP contribution in [-0.4, -0.2) is 37.6 Å². The number of rotatable bonds is 6. The van der Waals surface area contributed by atoms with Gasteiger partial charge in [-0.1, -0.05) is 6.92 Å². The highest BCUT2D eigenvalue weighted by Crippen LogP contribution is 2.29. The molecule has 0 radical (unpaired) electrons. The molecule has 0 aliphatic heterocycles. The number of aryl methyl sites for hydroxylation is 1. The smallest absolute Gasteiger partial charge is 0.215 e. The van der Waals surface area contributed by atoms with Crippen LogP contribution in [0.5, 0.6) is 11.8 Å². The molecule has 33 heavy (non-hydrogen) atoms. The van der Waals surface area contributed by atoms with Crippen molar-refractivity contribution in [3.05, 3.63) is 48.3 Å². The molecule has 1 saturated carbocycles. The van der Waals surface area contributed by atoms with Crippen LogP contribution in [0.4, 0.5) is 0 Å². The zero-order valence-electron chi connectivity index (χ0n) is 19.3. The number of imidazole rings is 1. The lowest BCUT2D eigenvalue weighted by Crippen LogP contribution is -2.23. The fraction of sp³-hybridized carbons (Fsp3) is 0.385. The Morgan fingerprint density at radius 3 is 2.52 bits per heavy atom. The van der Waals surface area contributed by atoms with E-state index in [2.05, 4.69) is 44.8 Å². The third-order valence-electron chi connectivity index (χ3n) is 6.26. The van der Waals surface area contributed by atoms with E-state index in [0.29, 0.717) is 24.0 Å². The normalized spacial score (nSPS) is 18.4. The Hall–Kier alpha value is -3.48. The molecule has 5 rings (SSSR count). The molecule has 170 valence electrons. The van der Waals surface area contributed by atoms with Crippen LogP contribution in [-0.2, 0) is 0 Å². The van der Waals surface area contributed by atoms with Crippen LogP contribution in [0.2, 0.25) is 0 Å². The molecule has 7 heteroatoms. The van der Waals surface area contributed by atoms with E-state index in [4.69, 9.17) is 9.47 Å². The number of H-pyrrole nitrogens is 1. The zero-order valence-corrected chi connectivity index (χ0v) is 19.3. The minimum absolute atomic E-state index is 0.280. The fourth-order valence-electron chi connectivity index (χ4n) is 4.31. The Morgan fingerprint density at radius 1 is 0.970 bits per heavy atom. The summed E-state index contributed by atoms with van der Waals surface area (Å²) in [4.78, 5) is 21.6. The van der Waals surface area contributed by atoms with Gasteiger partial charge in [0.05, 0.1) is 17.8 Å². The van der Waals surface area contributed by atoms with Gasteiger partial charge in [-0.15, -0.1) is 0 Å². The summed E-state index contributed by atoms with van der Waals surface area (Å²) in [7, 11) is 0. The molecule has 1 aliphatic rings. The zero-order chi connectivity index (χ0) is 22.8. The van der Waals surface area contributed by atoms with E-state index in [1.165, 1.54) is 12.8 Å². The van der Waals surface area contributed by atoms with Crippen LogP contribution in [0, 0.1) is 12.8 Å². The van der Waals surface area contributed by atoms with E-state index >= 15 is 0 Å². The van der Waals surface area contributed by atoms with Crippen molar-refractivity contribution in [2.75, 3.05) is 6.61 Å². The Labute approximate surface area is 193 Å². The molecule has 0 spiro atoms. The largest absolute Gasteiger partial charge is 0.478 e. The predicted octanol–water partition coefficient (Wildman–Crippen LogP) is 5.75. The fourth-order valence-corrected chi connectivity index (χ4v) is 4.31. The number of pyridine rings is 3. The van der Waals surface area contributed by atoms with E-state index in [1.54, 1.807) is 0 Å². The number of fused-ring (bicyclic) bond motifs is 1. The minimum Gasteiger partial charge on any atom is -0.478 e. The van der Waals surface area contributed by atoms with Crippen LogP contribution in [0.25, 0.3) is 33.8 Å². The first-order valence-electron chi connectivity index (χ1n) is 11.7. The highest BCUT2D eigenvalue weighted by atomic mass is 16.5. The number of ether oxygens (including phenoxy) is 2. The molecule has 0 atom stereocenters. The molecule has 1 N–H and O–H groups in total. The van der Waals surface area contributed by atoms with E-state index in [0.717, 1.165) is 52.5 Å². The lowest BCUT2D eigenvalue weighted by molar-refractivity contribution is 0.130. The van der Waals surface area contributed by atoms with Gasteiger partial charge in [0.25, 0.3) is 0 Å². The summed E-state index contributed by atoms with van der Waals surface area (Å²) >= 11 is 0. The molecule has 7 nitrogen and oxygen atoms in total. The lowest BCUT2D eigenvalue weighted by atomic mass is 9.89. The highest BCUT2D eigenvalue weighted by Gasteiger charge is 2.20. The average molecular weight is 444 g/mol. The lowest BCUT2D eigenvalue weighted by Gasteiger charge is -2.26. The van der Waals surface area contributed by atoms with Crippen LogP contribution < -0.4 is 9.47 Å². The molecule has 0 bridgehead atoms. The Kier molecular flexibility index (Phi) is 5.94. The summed E-state index contributed by atoms with van der Waals surface area (Å²) in [6.45, 7) is 6.88. The molecule has 1 aliphatic carbocycles. The van der Waals surface area contributed by atoms with Gasteiger partial charge in [0.2, 0.25) is 11.8 Å². The van der Waals surface area contributed by atoms with Gasteiger partial charge in [-0.25, -0.2) is 9.97 Å². The second-order valence-corrected chi connectivity index (χ2v) is 8.81. The molecule has 0 amide bonds. The molecule has 4 aromatic rings. The first kappa shape index (κ1) is 21.4. The summed E-state index contributed by atoms with van der Waals surface area (Å²) in [5.41, 5.74) is 5.34. The maximum Gasteiger partial charge on any atom is 0.215 e. The maximum atomic E-state index is 6.09. The Bertz CT molecular complexity index is 1240. The Balaban J connectivity index is 1.33. The number of nitrogens with one attached hydrogen (secondary N) is 1. The SMILES string of the molecule is CCOc1ccc2[nH]c(-c3cnc(-c4ccc(O[C@H]5CC[C@@H](C)CC5)nc4)cc3C)nc2n1. The summed E-state index contributed by atoms with van der Waals surface area (Å²) < 4.78 is 11.6. The maximum absolute atomic E-state index is 6.09. The van der Waals surface area contributed by atoms with Crippen LogP contribution >= 0.6 is 0 Å². The average Bonchev–Trinajstić information content (AvgIpc) is 3.24. The van der Waals surface area contributed by atoms with Crippen molar-refractivity contribution in [3.63, 3.8) is 0 Å².